The highest BCUT2D eigenvalue weighted by atomic mass is 32.2. The predicted octanol–water partition coefficient (Wildman–Crippen LogP) is 0.855. The largest absolute Gasteiger partial charge is 0.379 e. The fourth-order valence-electron chi connectivity index (χ4n) is 3.03. The molecule has 1 atom stereocenters. The molecule has 24 heavy (non-hydrogen) atoms. The van der Waals surface area contributed by atoms with Crippen LogP contribution in [0.5, 0.6) is 0 Å². The molecule has 2 fully saturated rings. The number of anilines is 1. The van der Waals surface area contributed by atoms with Crippen LogP contribution >= 0.6 is 0 Å². The smallest absolute Gasteiger partial charge is 0.244 e. The van der Waals surface area contributed by atoms with Gasteiger partial charge in [0, 0.05) is 31.9 Å². The van der Waals surface area contributed by atoms with E-state index in [1.165, 1.54) is 23.3 Å². The van der Waals surface area contributed by atoms with Crippen LogP contribution < -0.4 is 5.32 Å². The zero-order valence-corrected chi connectivity index (χ0v) is 15.1. The van der Waals surface area contributed by atoms with E-state index in [2.05, 4.69) is 29.3 Å². The van der Waals surface area contributed by atoms with Gasteiger partial charge >= 0.3 is 0 Å². The molecule has 1 aliphatic heterocycles. The van der Waals surface area contributed by atoms with Gasteiger partial charge in [0.1, 0.15) is 10.7 Å². The first-order chi connectivity index (χ1) is 11.5. The molecule has 0 bridgehead atoms. The molecular formula is C16H26N4O3S. The fraction of sp³-hybridized carbons (Fsp3) is 0.688. The Morgan fingerprint density at radius 3 is 2.58 bits per heavy atom. The summed E-state index contributed by atoms with van der Waals surface area (Å²) in [7, 11) is 0.715. The minimum Gasteiger partial charge on any atom is -0.379 e. The van der Waals surface area contributed by atoms with Crippen LogP contribution in [0.3, 0.4) is 0 Å². The molecule has 8 heteroatoms. The van der Waals surface area contributed by atoms with E-state index >= 15 is 0 Å². The molecule has 0 spiro atoms. The van der Waals surface area contributed by atoms with Crippen LogP contribution in [0, 0.1) is 5.92 Å². The van der Waals surface area contributed by atoms with E-state index in [9.17, 15) is 8.42 Å². The van der Waals surface area contributed by atoms with Crippen LogP contribution in [0.1, 0.15) is 12.8 Å². The molecule has 0 aromatic carbocycles. The van der Waals surface area contributed by atoms with Crippen LogP contribution in [0.15, 0.2) is 23.2 Å². The molecular weight excluding hydrogens is 328 g/mol. The second-order valence-corrected chi connectivity index (χ2v) is 8.58. The highest BCUT2D eigenvalue weighted by Gasteiger charge is 2.32. The van der Waals surface area contributed by atoms with Crippen LogP contribution in [0.2, 0.25) is 0 Å². The summed E-state index contributed by atoms with van der Waals surface area (Å²) in [6.45, 7) is 2.50. The number of rotatable bonds is 7. The predicted molar refractivity (Wildman–Crippen MR) is 92.5 cm³/mol. The summed E-state index contributed by atoms with van der Waals surface area (Å²) < 4.78 is 31.8. The second kappa shape index (κ2) is 7.35. The van der Waals surface area contributed by atoms with Gasteiger partial charge in [-0.15, -0.1) is 0 Å². The number of likely N-dealkylation sites (N-methyl/N-ethyl adjacent to an activating group) is 1. The Labute approximate surface area is 144 Å². The number of hydrogen-bond acceptors (Lipinski definition) is 6. The first kappa shape index (κ1) is 17.6. The maximum absolute atomic E-state index is 12.6. The van der Waals surface area contributed by atoms with Crippen molar-refractivity contribution in [3.8, 4) is 0 Å². The van der Waals surface area contributed by atoms with Gasteiger partial charge in [-0.1, -0.05) is 0 Å². The molecule has 134 valence electrons. The number of nitrogens with zero attached hydrogens (tertiary/aromatic N) is 3. The molecule has 0 radical (unpaired) electrons. The molecule has 1 aliphatic carbocycles. The zero-order chi connectivity index (χ0) is 17.2. The Balaban J connectivity index is 1.62. The zero-order valence-electron chi connectivity index (χ0n) is 14.3. The van der Waals surface area contributed by atoms with Gasteiger partial charge in [-0.05, 0) is 45.0 Å². The van der Waals surface area contributed by atoms with Crippen molar-refractivity contribution < 1.29 is 13.2 Å². The minimum atomic E-state index is -3.47. The summed E-state index contributed by atoms with van der Waals surface area (Å²) in [6.07, 6.45) is 4.01. The van der Waals surface area contributed by atoms with Crippen LogP contribution in [-0.4, -0.2) is 75.6 Å². The van der Waals surface area contributed by atoms with Crippen molar-refractivity contribution in [3.05, 3.63) is 18.3 Å². The topological polar surface area (TPSA) is 74.8 Å². The van der Waals surface area contributed by atoms with Gasteiger partial charge in [0.05, 0.1) is 13.2 Å². The minimum absolute atomic E-state index is 0.237. The number of hydrogen-bond donors (Lipinski definition) is 1. The summed E-state index contributed by atoms with van der Waals surface area (Å²) in [6, 6.07) is 3.86. The highest BCUT2D eigenvalue weighted by Crippen LogP contribution is 2.34. The van der Waals surface area contributed by atoms with Gasteiger partial charge in [-0.25, -0.2) is 13.4 Å². The lowest BCUT2D eigenvalue weighted by Crippen LogP contribution is -2.40. The quantitative estimate of drug-likeness (QED) is 0.783. The third-order valence-corrected chi connectivity index (χ3v) is 6.55. The Kier molecular flexibility index (Phi) is 5.39. The molecule has 1 saturated carbocycles. The van der Waals surface area contributed by atoms with E-state index in [1.807, 2.05) is 0 Å². The van der Waals surface area contributed by atoms with Crippen molar-refractivity contribution in [3.63, 3.8) is 0 Å². The molecule has 1 aromatic heterocycles. The second-order valence-electron chi connectivity index (χ2n) is 6.64. The number of pyridine rings is 1. The number of morpholine rings is 1. The summed E-state index contributed by atoms with van der Waals surface area (Å²) in [5.41, 5.74) is 0. The normalized spacial score (nSPS) is 21.0. The van der Waals surface area contributed by atoms with E-state index in [0.29, 0.717) is 38.2 Å². The van der Waals surface area contributed by atoms with E-state index < -0.39 is 10.0 Å². The van der Waals surface area contributed by atoms with Crippen molar-refractivity contribution >= 4 is 15.8 Å². The molecule has 1 aromatic rings. The summed E-state index contributed by atoms with van der Waals surface area (Å²) in [5.74, 6) is 1.47. The Hall–Kier alpha value is -1.22. The monoisotopic (exact) mass is 354 g/mol. The summed E-state index contributed by atoms with van der Waals surface area (Å²) in [5, 5.41) is 3.32. The average molecular weight is 354 g/mol. The molecule has 2 aliphatic rings. The maximum Gasteiger partial charge on any atom is 0.244 e. The van der Waals surface area contributed by atoms with E-state index in [1.54, 1.807) is 12.1 Å². The Morgan fingerprint density at radius 2 is 2.04 bits per heavy atom. The number of ether oxygens (including phenoxy) is 1. The molecule has 0 amide bonds. The van der Waals surface area contributed by atoms with Crippen molar-refractivity contribution in [2.24, 2.45) is 5.92 Å². The van der Waals surface area contributed by atoms with Gasteiger partial charge in [0.25, 0.3) is 0 Å². The average Bonchev–Trinajstić information content (AvgIpc) is 3.41. The van der Waals surface area contributed by atoms with Gasteiger partial charge < -0.3 is 15.0 Å². The lowest BCUT2D eigenvalue weighted by Gasteiger charge is -2.26. The Bertz CT molecular complexity index is 636. The molecule has 1 unspecified atom stereocenters. The van der Waals surface area contributed by atoms with Crippen LogP contribution in [0.4, 0.5) is 5.82 Å². The lowest BCUT2D eigenvalue weighted by molar-refractivity contribution is 0.0730. The molecule has 7 nitrogen and oxygen atoms in total. The van der Waals surface area contributed by atoms with Crippen molar-refractivity contribution in [2.75, 3.05) is 52.3 Å². The molecule has 1 saturated heterocycles. The number of nitrogens with one attached hydrogen (secondary N) is 1. The summed E-state index contributed by atoms with van der Waals surface area (Å²) in [4.78, 5) is 6.76. The number of sulfonamides is 1. The highest BCUT2D eigenvalue weighted by molar-refractivity contribution is 7.89. The van der Waals surface area contributed by atoms with Crippen LogP contribution in [0.25, 0.3) is 0 Å². The number of aromatic nitrogens is 1. The van der Waals surface area contributed by atoms with Crippen molar-refractivity contribution in [1.29, 1.82) is 0 Å². The Morgan fingerprint density at radius 1 is 1.33 bits per heavy atom. The first-order valence-corrected chi connectivity index (χ1v) is 9.87. The van der Waals surface area contributed by atoms with Gasteiger partial charge in [0.2, 0.25) is 10.0 Å². The van der Waals surface area contributed by atoms with Crippen molar-refractivity contribution in [1.82, 2.24) is 14.2 Å². The standard InChI is InChI=1S/C16H26N4O3S/c1-19(2)15(13-3-4-13)12-18-16-6-5-14(11-17-16)24(21,22)20-7-9-23-10-8-20/h5-6,11,13,15H,3-4,7-10,12H2,1-2H3,(H,17,18). The third-order valence-electron chi connectivity index (χ3n) is 4.67. The SMILES string of the molecule is CN(C)C(CNc1ccc(S(=O)(=O)N2CCOCC2)cn1)C1CC1. The van der Waals surface area contributed by atoms with E-state index in [4.69, 9.17) is 4.74 Å². The lowest BCUT2D eigenvalue weighted by atomic mass is 10.1. The third kappa shape index (κ3) is 4.05. The van der Waals surface area contributed by atoms with E-state index in [-0.39, 0.29) is 4.90 Å². The van der Waals surface area contributed by atoms with Gasteiger partial charge in [-0.3, -0.25) is 0 Å². The summed E-state index contributed by atoms with van der Waals surface area (Å²) >= 11 is 0. The van der Waals surface area contributed by atoms with Gasteiger partial charge in [-0.2, -0.15) is 4.31 Å². The first-order valence-electron chi connectivity index (χ1n) is 8.43. The molecule has 1 N–H and O–H groups in total. The maximum atomic E-state index is 12.6. The fourth-order valence-corrected chi connectivity index (χ4v) is 4.39. The van der Waals surface area contributed by atoms with Gasteiger partial charge in [0.15, 0.2) is 0 Å². The molecule has 2 heterocycles. The molecule has 3 rings (SSSR count). The van der Waals surface area contributed by atoms with E-state index in [0.717, 1.165) is 12.5 Å². The van der Waals surface area contributed by atoms with Crippen molar-refractivity contribution in [2.45, 2.75) is 23.8 Å². The van der Waals surface area contributed by atoms with Crippen LogP contribution in [-0.2, 0) is 14.8 Å².